The first-order chi connectivity index (χ1) is 9.61. The number of hydrogen-bond donors (Lipinski definition) is 1. The molecule has 1 amide bonds. The second-order valence-corrected chi connectivity index (χ2v) is 5.84. The zero-order valence-electron chi connectivity index (χ0n) is 12.6. The molecule has 1 aliphatic carbocycles. The van der Waals surface area contributed by atoms with Crippen molar-refractivity contribution in [1.29, 1.82) is 0 Å². The van der Waals surface area contributed by atoms with Gasteiger partial charge in [0.2, 0.25) is 5.91 Å². The van der Waals surface area contributed by atoms with Crippen LogP contribution in [0.2, 0.25) is 0 Å². The fourth-order valence-electron chi connectivity index (χ4n) is 3.02. The Balaban J connectivity index is 2.05. The molecule has 3 heteroatoms. The van der Waals surface area contributed by atoms with Gasteiger partial charge in [0.1, 0.15) is 0 Å². The molecule has 0 saturated heterocycles. The lowest BCUT2D eigenvalue weighted by atomic mass is 10.0. The van der Waals surface area contributed by atoms with Crippen molar-refractivity contribution in [2.45, 2.75) is 52.0 Å². The predicted molar refractivity (Wildman–Crippen MR) is 80.7 cm³/mol. The lowest BCUT2D eigenvalue weighted by molar-refractivity contribution is -0.133. The van der Waals surface area contributed by atoms with Gasteiger partial charge in [-0.3, -0.25) is 4.79 Å². The van der Waals surface area contributed by atoms with Gasteiger partial charge in [0.25, 0.3) is 0 Å². The molecule has 110 valence electrons. The van der Waals surface area contributed by atoms with Crippen LogP contribution in [0.4, 0.5) is 0 Å². The number of hydrogen-bond acceptors (Lipinski definition) is 2. The van der Waals surface area contributed by atoms with Gasteiger partial charge in [-0.2, -0.15) is 0 Å². The maximum atomic E-state index is 12.5. The normalized spacial score (nSPS) is 15.6. The lowest BCUT2D eigenvalue weighted by Gasteiger charge is -2.28. The van der Waals surface area contributed by atoms with Gasteiger partial charge >= 0.3 is 0 Å². The second-order valence-electron chi connectivity index (χ2n) is 5.84. The zero-order valence-corrected chi connectivity index (χ0v) is 12.6. The molecular weight excluding hydrogens is 250 g/mol. The van der Waals surface area contributed by atoms with Gasteiger partial charge in [-0.1, -0.05) is 31.0 Å². The molecule has 0 radical (unpaired) electrons. The van der Waals surface area contributed by atoms with Gasteiger partial charge in [-0.25, -0.2) is 0 Å². The number of benzene rings is 1. The van der Waals surface area contributed by atoms with Gasteiger partial charge in [0.05, 0.1) is 13.0 Å². The third kappa shape index (κ3) is 3.60. The van der Waals surface area contributed by atoms with E-state index < -0.39 is 0 Å². The van der Waals surface area contributed by atoms with Crippen LogP contribution in [0.25, 0.3) is 0 Å². The number of aliphatic hydroxyl groups is 1. The highest BCUT2D eigenvalue weighted by molar-refractivity contribution is 5.79. The number of aryl methyl sites for hydroxylation is 2. The number of amides is 1. The quantitative estimate of drug-likeness (QED) is 0.897. The molecule has 3 nitrogen and oxygen atoms in total. The van der Waals surface area contributed by atoms with E-state index >= 15 is 0 Å². The first kappa shape index (κ1) is 15.0. The third-order valence-electron chi connectivity index (χ3n) is 4.35. The average Bonchev–Trinajstić information content (AvgIpc) is 2.94. The molecule has 0 bridgehead atoms. The lowest BCUT2D eigenvalue weighted by Crippen LogP contribution is -2.41. The van der Waals surface area contributed by atoms with Crippen LogP contribution >= 0.6 is 0 Å². The Morgan fingerprint density at radius 2 is 1.95 bits per heavy atom. The summed E-state index contributed by atoms with van der Waals surface area (Å²) in [5.41, 5.74) is 3.55. The molecule has 0 unspecified atom stereocenters. The van der Waals surface area contributed by atoms with Crippen LogP contribution in [0.5, 0.6) is 0 Å². The van der Waals surface area contributed by atoms with Crippen molar-refractivity contribution >= 4 is 5.91 Å². The molecule has 1 aromatic rings. The smallest absolute Gasteiger partial charge is 0.227 e. The summed E-state index contributed by atoms with van der Waals surface area (Å²) in [5, 5.41) is 9.20. The van der Waals surface area contributed by atoms with Crippen molar-refractivity contribution in [1.82, 2.24) is 4.90 Å². The Morgan fingerprint density at radius 1 is 1.25 bits per heavy atom. The molecule has 0 heterocycles. The summed E-state index contributed by atoms with van der Waals surface area (Å²) in [6.45, 7) is 4.67. The largest absolute Gasteiger partial charge is 0.395 e. The second kappa shape index (κ2) is 6.89. The molecule has 1 fully saturated rings. The van der Waals surface area contributed by atoms with E-state index in [0.29, 0.717) is 19.0 Å². The maximum absolute atomic E-state index is 12.5. The SMILES string of the molecule is Cc1ccc(CC(=O)N(CCO)C2CCCC2)cc1C. The van der Waals surface area contributed by atoms with Crippen molar-refractivity contribution < 1.29 is 9.90 Å². The van der Waals surface area contributed by atoms with Crippen LogP contribution in [-0.4, -0.2) is 35.1 Å². The molecule has 1 aliphatic rings. The Kier molecular flexibility index (Phi) is 5.18. The Labute approximate surface area is 121 Å². The van der Waals surface area contributed by atoms with E-state index in [1.807, 2.05) is 11.0 Å². The summed E-state index contributed by atoms with van der Waals surface area (Å²) < 4.78 is 0. The van der Waals surface area contributed by atoms with Crippen molar-refractivity contribution in [2.24, 2.45) is 0 Å². The monoisotopic (exact) mass is 275 g/mol. The summed E-state index contributed by atoms with van der Waals surface area (Å²) in [5.74, 6) is 0.147. The van der Waals surface area contributed by atoms with E-state index in [0.717, 1.165) is 18.4 Å². The summed E-state index contributed by atoms with van der Waals surface area (Å²) in [4.78, 5) is 14.4. The molecule has 1 saturated carbocycles. The highest BCUT2D eigenvalue weighted by Crippen LogP contribution is 2.24. The van der Waals surface area contributed by atoms with E-state index in [1.165, 1.54) is 24.0 Å². The van der Waals surface area contributed by atoms with Crippen LogP contribution in [0.3, 0.4) is 0 Å². The number of aliphatic hydroxyl groups excluding tert-OH is 1. The number of carbonyl (C=O) groups is 1. The van der Waals surface area contributed by atoms with Crippen LogP contribution in [0.1, 0.15) is 42.4 Å². The van der Waals surface area contributed by atoms with Gasteiger partial charge in [-0.05, 0) is 43.4 Å². The molecular formula is C17H25NO2. The van der Waals surface area contributed by atoms with Crippen LogP contribution in [0, 0.1) is 13.8 Å². The first-order valence-electron chi connectivity index (χ1n) is 7.58. The highest BCUT2D eigenvalue weighted by Gasteiger charge is 2.26. The summed E-state index contributed by atoms with van der Waals surface area (Å²) in [7, 11) is 0. The third-order valence-corrected chi connectivity index (χ3v) is 4.35. The van der Waals surface area contributed by atoms with Crippen molar-refractivity contribution in [2.75, 3.05) is 13.2 Å². The first-order valence-corrected chi connectivity index (χ1v) is 7.58. The maximum Gasteiger partial charge on any atom is 0.227 e. The zero-order chi connectivity index (χ0) is 14.5. The fourth-order valence-corrected chi connectivity index (χ4v) is 3.02. The van der Waals surface area contributed by atoms with Crippen molar-refractivity contribution in [3.63, 3.8) is 0 Å². The van der Waals surface area contributed by atoms with E-state index in [-0.39, 0.29) is 12.5 Å². The minimum atomic E-state index is 0.0508. The molecule has 0 aromatic heterocycles. The molecule has 0 atom stereocenters. The Morgan fingerprint density at radius 3 is 2.55 bits per heavy atom. The Bertz CT molecular complexity index is 464. The predicted octanol–water partition coefficient (Wildman–Crippen LogP) is 2.61. The molecule has 1 N–H and O–H groups in total. The van der Waals surface area contributed by atoms with E-state index in [4.69, 9.17) is 0 Å². The van der Waals surface area contributed by atoms with Crippen molar-refractivity contribution in [3.8, 4) is 0 Å². The number of carbonyl (C=O) groups excluding carboxylic acids is 1. The number of rotatable bonds is 5. The summed E-state index contributed by atoms with van der Waals surface area (Å²) in [6.07, 6.45) is 5.00. The molecule has 0 aliphatic heterocycles. The molecule has 2 rings (SSSR count). The molecule has 1 aromatic carbocycles. The molecule has 0 spiro atoms. The van der Waals surface area contributed by atoms with E-state index in [1.54, 1.807) is 0 Å². The summed E-state index contributed by atoms with van der Waals surface area (Å²) >= 11 is 0. The van der Waals surface area contributed by atoms with Crippen LogP contribution < -0.4 is 0 Å². The van der Waals surface area contributed by atoms with Crippen molar-refractivity contribution in [3.05, 3.63) is 34.9 Å². The Hall–Kier alpha value is -1.35. The number of nitrogens with zero attached hydrogens (tertiary/aromatic N) is 1. The van der Waals surface area contributed by atoms with Gasteiger partial charge in [0.15, 0.2) is 0 Å². The average molecular weight is 275 g/mol. The van der Waals surface area contributed by atoms with Crippen LogP contribution in [-0.2, 0) is 11.2 Å². The minimum absolute atomic E-state index is 0.0508. The summed E-state index contributed by atoms with van der Waals surface area (Å²) in [6, 6.07) is 6.54. The van der Waals surface area contributed by atoms with Gasteiger partial charge < -0.3 is 10.0 Å². The van der Waals surface area contributed by atoms with Crippen LogP contribution in [0.15, 0.2) is 18.2 Å². The minimum Gasteiger partial charge on any atom is -0.395 e. The standard InChI is InChI=1S/C17H25NO2/c1-13-7-8-15(11-14(13)2)12-17(20)18(9-10-19)16-5-3-4-6-16/h7-8,11,16,19H,3-6,9-10,12H2,1-2H3. The van der Waals surface area contributed by atoms with E-state index in [9.17, 15) is 9.90 Å². The van der Waals surface area contributed by atoms with E-state index in [2.05, 4.69) is 26.0 Å². The van der Waals surface area contributed by atoms with Gasteiger partial charge in [0, 0.05) is 12.6 Å². The highest BCUT2D eigenvalue weighted by atomic mass is 16.3. The fraction of sp³-hybridized carbons (Fsp3) is 0.588. The topological polar surface area (TPSA) is 40.5 Å². The molecule has 20 heavy (non-hydrogen) atoms. The van der Waals surface area contributed by atoms with Gasteiger partial charge in [-0.15, -0.1) is 0 Å².